The maximum Gasteiger partial charge on any atom is 0.461 e. The molecule has 0 atom stereocenters. The highest BCUT2D eigenvalue weighted by molar-refractivity contribution is 6.31. The van der Waals surface area contributed by atoms with E-state index in [9.17, 15) is 17.6 Å². The molecule has 0 aliphatic heterocycles. The summed E-state index contributed by atoms with van der Waals surface area (Å²) in [5, 5.41) is 10.6. The molecule has 0 saturated heterocycles. The maximum absolute atomic E-state index is 13.0. The predicted octanol–water partition coefficient (Wildman–Crippen LogP) is 11.9. The fourth-order valence-corrected chi connectivity index (χ4v) is 6.77. The van der Waals surface area contributed by atoms with Crippen molar-refractivity contribution < 1.29 is 36.5 Å². The molecule has 19 nitrogen and oxygen atoms in total. The van der Waals surface area contributed by atoms with Gasteiger partial charge in [-0.1, -0.05) is 58.5 Å². The molecule has 3 N–H and O–H groups in total. The molecular formula is C47H35Cl4F4N15O4. The standard InChI is InChI=1S/C17H16ClN5O3.C16H10ClF4N5O.C14H9Cl2N5/c1-24-12-7-11(8-13(25-2)15(12)26-3)22-17-21-9-20-16(23-17)10-4-5-19-14(18)6-10;17-12-6-9(4-5-22-12)13-23-8-24-15(26-13)25-10-2-1-3-11(7-10)27-16(20,21)14(18)19;15-10-2-1-3-11(7-10)20-14-19-8-18-13(21-14)9-4-5-17-12(16)6-9/h4-9H,1-3H3,(H,20,21,22,23);1-8,14H,(H,23,24,25,26);1-8H,(H,18,19,20,21). The molecule has 0 unspecified atom stereocenters. The number of pyridine rings is 3. The van der Waals surface area contributed by atoms with Crippen molar-refractivity contribution in [3.8, 4) is 57.2 Å². The molecule has 6 aromatic heterocycles. The number of benzene rings is 3. The number of alkyl halides is 4. The minimum Gasteiger partial charge on any atom is -0.493 e. The molecule has 0 fully saturated rings. The fraction of sp³-hybridized carbons (Fsp3) is 0.106. The van der Waals surface area contributed by atoms with Crippen LogP contribution in [0.2, 0.25) is 20.5 Å². The predicted molar refractivity (Wildman–Crippen MR) is 270 cm³/mol. The summed E-state index contributed by atoms with van der Waals surface area (Å²) in [7, 11) is 4.65. The number of nitrogens with one attached hydrogen (secondary N) is 3. The zero-order valence-electron chi connectivity index (χ0n) is 38.3. The van der Waals surface area contributed by atoms with E-state index in [0.29, 0.717) is 73.2 Å². The Kier molecular flexibility index (Phi) is 18.3. The van der Waals surface area contributed by atoms with Crippen LogP contribution >= 0.6 is 46.4 Å². The van der Waals surface area contributed by atoms with Crippen molar-refractivity contribution in [2.75, 3.05) is 37.3 Å². The van der Waals surface area contributed by atoms with Gasteiger partial charge in [0, 0.05) is 75.6 Å². The van der Waals surface area contributed by atoms with Gasteiger partial charge in [-0.3, -0.25) is 0 Å². The number of aromatic nitrogens is 12. The van der Waals surface area contributed by atoms with Crippen LogP contribution in [0.25, 0.3) is 34.2 Å². The van der Waals surface area contributed by atoms with Crippen LogP contribution < -0.4 is 34.9 Å². The Hall–Kier alpha value is -8.38. The average molecular weight is 1090 g/mol. The van der Waals surface area contributed by atoms with E-state index >= 15 is 0 Å². The largest absolute Gasteiger partial charge is 0.493 e. The first-order valence-corrected chi connectivity index (χ1v) is 22.4. The van der Waals surface area contributed by atoms with E-state index < -0.39 is 18.3 Å². The summed E-state index contributed by atoms with van der Waals surface area (Å²) in [6.45, 7) is 0. The third kappa shape index (κ3) is 15.1. The zero-order chi connectivity index (χ0) is 52.6. The Bertz CT molecular complexity index is 3320. The van der Waals surface area contributed by atoms with E-state index in [2.05, 4.69) is 80.5 Å². The van der Waals surface area contributed by atoms with E-state index in [-0.39, 0.29) is 16.8 Å². The first kappa shape index (κ1) is 53.4. The van der Waals surface area contributed by atoms with Gasteiger partial charge in [0.25, 0.3) is 0 Å². The lowest BCUT2D eigenvalue weighted by Crippen LogP contribution is -2.33. The number of hydrogen-bond acceptors (Lipinski definition) is 19. The van der Waals surface area contributed by atoms with Crippen molar-refractivity contribution in [1.82, 2.24) is 59.8 Å². The van der Waals surface area contributed by atoms with Crippen molar-refractivity contribution in [1.29, 1.82) is 0 Å². The van der Waals surface area contributed by atoms with Crippen molar-refractivity contribution in [3.63, 3.8) is 0 Å². The highest BCUT2D eigenvalue weighted by Crippen LogP contribution is 2.40. The van der Waals surface area contributed by atoms with Crippen LogP contribution in [-0.2, 0) is 0 Å². The summed E-state index contributed by atoms with van der Waals surface area (Å²) < 4.78 is 70.6. The Morgan fingerprint density at radius 2 is 0.892 bits per heavy atom. The van der Waals surface area contributed by atoms with Crippen molar-refractivity contribution >= 4 is 81.3 Å². The summed E-state index contributed by atoms with van der Waals surface area (Å²) in [6.07, 6.45) is 0.217. The molecule has 378 valence electrons. The number of methoxy groups -OCH3 is 3. The van der Waals surface area contributed by atoms with Crippen LogP contribution in [0, 0.1) is 0 Å². The minimum atomic E-state index is -4.60. The Balaban J connectivity index is 0.000000163. The van der Waals surface area contributed by atoms with E-state index in [1.807, 2.05) is 12.1 Å². The number of rotatable bonds is 15. The monoisotopic (exact) mass is 1090 g/mol. The quantitative estimate of drug-likeness (QED) is 0.0640. The SMILES string of the molecule is COc1cc(Nc2ncnc(-c3ccnc(Cl)c3)n2)cc(OC)c1OC.Clc1cccc(Nc2ncnc(-c3ccnc(Cl)c3)n2)c1.FC(F)C(F)(F)Oc1cccc(Nc2ncnc(-c3ccnc(Cl)c3)n2)c1. The van der Waals surface area contributed by atoms with E-state index in [4.69, 9.17) is 60.6 Å². The molecule has 0 radical (unpaired) electrons. The maximum atomic E-state index is 13.0. The second kappa shape index (κ2) is 25.3. The molecule has 3 aromatic carbocycles. The first-order chi connectivity index (χ1) is 35.7. The lowest BCUT2D eigenvalue weighted by Gasteiger charge is -2.17. The third-order valence-electron chi connectivity index (χ3n) is 9.27. The molecule has 0 aliphatic rings. The molecule has 0 spiro atoms. The van der Waals surface area contributed by atoms with Gasteiger partial charge in [-0.25, -0.2) is 44.9 Å². The van der Waals surface area contributed by atoms with Gasteiger partial charge < -0.3 is 34.9 Å². The third-order valence-corrected chi connectivity index (χ3v) is 10.1. The molecular weight excluding hydrogens is 1060 g/mol. The van der Waals surface area contributed by atoms with Gasteiger partial charge >= 0.3 is 12.5 Å². The Morgan fingerprint density at radius 3 is 1.28 bits per heavy atom. The van der Waals surface area contributed by atoms with E-state index in [0.717, 1.165) is 28.9 Å². The smallest absolute Gasteiger partial charge is 0.461 e. The summed E-state index contributed by atoms with van der Waals surface area (Å²) in [5.41, 5.74) is 3.82. The van der Waals surface area contributed by atoms with E-state index in [1.54, 1.807) is 94.4 Å². The number of ether oxygens (including phenoxy) is 4. The van der Waals surface area contributed by atoms with Crippen LogP contribution in [0.4, 0.5) is 52.5 Å². The first-order valence-electron chi connectivity index (χ1n) is 20.9. The van der Waals surface area contributed by atoms with Crippen molar-refractivity contribution in [2.24, 2.45) is 0 Å². The normalized spacial score (nSPS) is 10.8. The second-order valence-corrected chi connectivity index (χ2v) is 15.9. The molecule has 0 saturated carbocycles. The average Bonchev–Trinajstić information content (AvgIpc) is 3.39. The number of nitrogens with zero attached hydrogens (tertiary/aromatic N) is 12. The minimum absolute atomic E-state index is 0.103. The van der Waals surface area contributed by atoms with Gasteiger partial charge in [0.15, 0.2) is 29.0 Å². The molecule has 0 bridgehead atoms. The molecule has 74 heavy (non-hydrogen) atoms. The summed E-state index contributed by atoms with van der Waals surface area (Å²) >= 11 is 23.6. The van der Waals surface area contributed by atoms with Crippen LogP contribution in [-0.4, -0.2) is 93.7 Å². The van der Waals surface area contributed by atoms with Crippen molar-refractivity contribution in [3.05, 3.63) is 155 Å². The summed E-state index contributed by atoms with van der Waals surface area (Å²) in [6, 6.07) is 26.0. The molecule has 9 aromatic rings. The van der Waals surface area contributed by atoms with Gasteiger partial charge in [-0.2, -0.15) is 32.5 Å². The number of halogens is 8. The van der Waals surface area contributed by atoms with Crippen LogP contribution in [0.5, 0.6) is 23.0 Å². The molecule has 0 aliphatic carbocycles. The van der Waals surface area contributed by atoms with Crippen LogP contribution in [0.15, 0.2) is 135 Å². The van der Waals surface area contributed by atoms with Gasteiger partial charge in [0.05, 0.1) is 21.3 Å². The number of anilines is 6. The van der Waals surface area contributed by atoms with Crippen molar-refractivity contribution in [2.45, 2.75) is 12.5 Å². The van der Waals surface area contributed by atoms with Gasteiger partial charge in [-0.15, -0.1) is 0 Å². The topological polar surface area (TPSA) is 228 Å². The highest BCUT2D eigenvalue weighted by atomic mass is 35.5. The molecule has 0 amide bonds. The van der Waals surface area contributed by atoms with Gasteiger partial charge in [-0.05, 0) is 66.7 Å². The second-order valence-electron chi connectivity index (χ2n) is 14.3. The van der Waals surface area contributed by atoms with Gasteiger partial charge in [0.2, 0.25) is 23.6 Å². The summed E-state index contributed by atoms with van der Waals surface area (Å²) in [5.74, 6) is 3.27. The Labute approximate surface area is 437 Å². The molecule has 9 rings (SSSR count). The Morgan fingerprint density at radius 1 is 0.473 bits per heavy atom. The van der Waals surface area contributed by atoms with Crippen LogP contribution in [0.3, 0.4) is 0 Å². The van der Waals surface area contributed by atoms with E-state index in [1.165, 1.54) is 37.3 Å². The zero-order valence-corrected chi connectivity index (χ0v) is 41.3. The van der Waals surface area contributed by atoms with Crippen LogP contribution in [0.1, 0.15) is 0 Å². The molecule has 6 heterocycles. The molecule has 27 heteroatoms. The van der Waals surface area contributed by atoms with Gasteiger partial charge in [0.1, 0.15) is 40.2 Å². The lowest BCUT2D eigenvalue weighted by atomic mass is 10.2. The lowest BCUT2D eigenvalue weighted by molar-refractivity contribution is -0.253. The summed E-state index contributed by atoms with van der Waals surface area (Å²) in [4.78, 5) is 49.1. The fourth-order valence-electron chi connectivity index (χ4n) is 6.06. The number of hydrogen-bond donors (Lipinski definition) is 3. The highest BCUT2D eigenvalue weighted by Gasteiger charge is 2.44.